The molecule has 78 valence electrons. The molecule has 1 heterocycles. The van der Waals surface area contributed by atoms with Gasteiger partial charge in [-0.3, -0.25) is 0 Å². The highest BCUT2D eigenvalue weighted by atomic mass is 15.1. The van der Waals surface area contributed by atoms with Crippen LogP contribution in [-0.2, 0) is 19.4 Å². The molecule has 0 bridgehead atoms. The van der Waals surface area contributed by atoms with Crippen molar-refractivity contribution >= 4 is 0 Å². The number of rotatable bonds is 1. The molecular formula is C12H20N2. The highest BCUT2D eigenvalue weighted by Gasteiger charge is 2.18. The molecule has 0 saturated heterocycles. The van der Waals surface area contributed by atoms with E-state index in [0.29, 0.717) is 5.41 Å². The fourth-order valence-electron chi connectivity index (χ4n) is 2.18. The summed E-state index contributed by atoms with van der Waals surface area (Å²) >= 11 is 0. The highest BCUT2D eigenvalue weighted by molar-refractivity contribution is 5.16. The minimum Gasteiger partial charge on any atom is -0.334 e. The van der Waals surface area contributed by atoms with E-state index in [9.17, 15) is 0 Å². The molecule has 2 nitrogen and oxygen atoms in total. The van der Waals surface area contributed by atoms with Gasteiger partial charge in [0.2, 0.25) is 0 Å². The van der Waals surface area contributed by atoms with Crippen molar-refractivity contribution in [3.63, 3.8) is 0 Å². The van der Waals surface area contributed by atoms with E-state index in [1.807, 2.05) is 6.33 Å². The molecule has 0 atom stereocenters. The van der Waals surface area contributed by atoms with Gasteiger partial charge in [0.15, 0.2) is 0 Å². The topological polar surface area (TPSA) is 17.8 Å². The van der Waals surface area contributed by atoms with Crippen LogP contribution in [0.3, 0.4) is 0 Å². The zero-order chi connectivity index (χ0) is 10.2. The van der Waals surface area contributed by atoms with E-state index >= 15 is 0 Å². The molecule has 0 unspecified atom stereocenters. The molecule has 14 heavy (non-hydrogen) atoms. The standard InChI is InChI=1S/C12H20N2/c1-12(2,3)8-14-9-13-10-6-4-5-7-11(10)14/h9H,4-8H2,1-3H3. The average molecular weight is 192 g/mol. The van der Waals surface area contributed by atoms with Crippen molar-refractivity contribution in [2.45, 2.75) is 53.0 Å². The maximum Gasteiger partial charge on any atom is 0.0951 e. The van der Waals surface area contributed by atoms with Crippen molar-refractivity contribution < 1.29 is 0 Å². The fraction of sp³-hybridized carbons (Fsp3) is 0.750. The van der Waals surface area contributed by atoms with E-state index in [-0.39, 0.29) is 0 Å². The molecule has 0 N–H and O–H groups in total. The molecule has 0 aromatic carbocycles. The maximum absolute atomic E-state index is 4.50. The smallest absolute Gasteiger partial charge is 0.0951 e. The van der Waals surface area contributed by atoms with Gasteiger partial charge >= 0.3 is 0 Å². The van der Waals surface area contributed by atoms with Gasteiger partial charge in [0.05, 0.1) is 12.0 Å². The van der Waals surface area contributed by atoms with Crippen LogP contribution in [0.1, 0.15) is 45.0 Å². The summed E-state index contributed by atoms with van der Waals surface area (Å²) in [6.45, 7) is 7.93. The Morgan fingerprint density at radius 1 is 1.29 bits per heavy atom. The van der Waals surface area contributed by atoms with Gasteiger partial charge in [0, 0.05) is 12.2 Å². The lowest BCUT2D eigenvalue weighted by atomic mass is 9.95. The van der Waals surface area contributed by atoms with E-state index in [2.05, 4.69) is 30.3 Å². The second kappa shape index (κ2) is 3.41. The lowest BCUT2D eigenvalue weighted by Gasteiger charge is -2.22. The third-order valence-corrected chi connectivity index (χ3v) is 2.75. The minimum absolute atomic E-state index is 0.353. The van der Waals surface area contributed by atoms with Crippen LogP contribution in [0.25, 0.3) is 0 Å². The monoisotopic (exact) mass is 192 g/mol. The quantitative estimate of drug-likeness (QED) is 0.669. The predicted octanol–water partition coefficient (Wildman–Crippen LogP) is 2.81. The number of aromatic nitrogens is 2. The summed E-state index contributed by atoms with van der Waals surface area (Å²) in [6, 6.07) is 0. The molecular weight excluding hydrogens is 172 g/mol. The van der Waals surface area contributed by atoms with Crippen molar-refractivity contribution in [3.8, 4) is 0 Å². The predicted molar refractivity (Wildman–Crippen MR) is 58.3 cm³/mol. The van der Waals surface area contributed by atoms with Gasteiger partial charge in [-0.2, -0.15) is 0 Å². The highest BCUT2D eigenvalue weighted by Crippen LogP contribution is 2.23. The molecule has 1 aromatic rings. The van der Waals surface area contributed by atoms with Crippen LogP contribution < -0.4 is 0 Å². The Balaban J connectivity index is 2.22. The number of hydrogen-bond donors (Lipinski definition) is 0. The van der Waals surface area contributed by atoms with Crippen LogP contribution in [0.4, 0.5) is 0 Å². The Hall–Kier alpha value is -0.790. The van der Waals surface area contributed by atoms with Crippen LogP contribution in [0.2, 0.25) is 0 Å². The molecule has 1 aliphatic rings. The number of fused-ring (bicyclic) bond motifs is 1. The summed E-state index contributed by atoms with van der Waals surface area (Å²) in [7, 11) is 0. The molecule has 1 aromatic heterocycles. The van der Waals surface area contributed by atoms with Crippen molar-refractivity contribution in [1.82, 2.24) is 9.55 Å². The molecule has 0 aliphatic heterocycles. The van der Waals surface area contributed by atoms with Gasteiger partial charge in [-0.05, 0) is 31.1 Å². The van der Waals surface area contributed by atoms with Crippen molar-refractivity contribution in [3.05, 3.63) is 17.7 Å². The molecule has 0 spiro atoms. The third-order valence-electron chi connectivity index (χ3n) is 2.75. The summed E-state index contributed by atoms with van der Waals surface area (Å²) in [5.41, 5.74) is 3.19. The number of aryl methyl sites for hydroxylation is 1. The molecule has 2 heteroatoms. The van der Waals surface area contributed by atoms with Crippen LogP contribution in [0.15, 0.2) is 6.33 Å². The zero-order valence-corrected chi connectivity index (χ0v) is 9.51. The van der Waals surface area contributed by atoms with E-state index in [0.717, 1.165) is 6.54 Å². The van der Waals surface area contributed by atoms with Crippen LogP contribution >= 0.6 is 0 Å². The first-order valence-corrected chi connectivity index (χ1v) is 5.59. The van der Waals surface area contributed by atoms with Crippen LogP contribution in [0, 0.1) is 5.41 Å². The molecule has 1 aliphatic carbocycles. The number of hydrogen-bond acceptors (Lipinski definition) is 1. The summed E-state index contributed by atoms with van der Waals surface area (Å²) in [6.07, 6.45) is 7.10. The first-order chi connectivity index (χ1) is 6.56. The van der Waals surface area contributed by atoms with E-state index < -0.39 is 0 Å². The molecule has 0 saturated carbocycles. The summed E-state index contributed by atoms with van der Waals surface area (Å²) in [5.74, 6) is 0. The Kier molecular flexibility index (Phi) is 2.38. The third kappa shape index (κ3) is 1.99. The summed E-state index contributed by atoms with van der Waals surface area (Å²) in [4.78, 5) is 4.50. The number of imidazole rings is 1. The Morgan fingerprint density at radius 2 is 2.00 bits per heavy atom. The lowest BCUT2D eigenvalue weighted by molar-refractivity contribution is 0.337. The average Bonchev–Trinajstić information content (AvgIpc) is 2.47. The first kappa shape index (κ1) is 9.75. The van der Waals surface area contributed by atoms with Gasteiger partial charge in [-0.1, -0.05) is 20.8 Å². The Labute approximate surface area is 86.3 Å². The van der Waals surface area contributed by atoms with Gasteiger partial charge in [0.25, 0.3) is 0 Å². The van der Waals surface area contributed by atoms with Crippen LogP contribution in [-0.4, -0.2) is 9.55 Å². The van der Waals surface area contributed by atoms with Crippen molar-refractivity contribution in [1.29, 1.82) is 0 Å². The Morgan fingerprint density at radius 3 is 2.71 bits per heavy atom. The zero-order valence-electron chi connectivity index (χ0n) is 9.51. The van der Waals surface area contributed by atoms with E-state index in [1.54, 1.807) is 0 Å². The molecule has 0 amide bonds. The van der Waals surface area contributed by atoms with Gasteiger partial charge in [-0.15, -0.1) is 0 Å². The second-order valence-electron chi connectivity index (χ2n) is 5.53. The Bertz CT molecular complexity index is 318. The van der Waals surface area contributed by atoms with E-state index in [4.69, 9.17) is 0 Å². The van der Waals surface area contributed by atoms with Crippen LogP contribution in [0.5, 0.6) is 0 Å². The fourth-order valence-corrected chi connectivity index (χ4v) is 2.18. The minimum atomic E-state index is 0.353. The molecule has 0 fully saturated rings. The van der Waals surface area contributed by atoms with E-state index in [1.165, 1.54) is 37.1 Å². The van der Waals surface area contributed by atoms with Gasteiger partial charge < -0.3 is 4.57 Å². The van der Waals surface area contributed by atoms with Gasteiger partial charge in [-0.25, -0.2) is 4.98 Å². The second-order valence-corrected chi connectivity index (χ2v) is 5.53. The first-order valence-electron chi connectivity index (χ1n) is 5.59. The molecule has 0 radical (unpaired) electrons. The maximum atomic E-state index is 4.50. The number of nitrogens with zero attached hydrogens (tertiary/aromatic N) is 2. The SMILES string of the molecule is CC(C)(C)Cn1cnc2c1CCCC2. The van der Waals surface area contributed by atoms with Crippen molar-refractivity contribution in [2.75, 3.05) is 0 Å². The summed E-state index contributed by atoms with van der Waals surface area (Å²) < 4.78 is 2.36. The van der Waals surface area contributed by atoms with Gasteiger partial charge in [0.1, 0.15) is 0 Å². The summed E-state index contributed by atoms with van der Waals surface area (Å²) in [5, 5.41) is 0. The normalized spacial score (nSPS) is 16.8. The largest absolute Gasteiger partial charge is 0.334 e. The molecule has 2 rings (SSSR count). The van der Waals surface area contributed by atoms with Crippen molar-refractivity contribution in [2.24, 2.45) is 5.41 Å². The lowest BCUT2D eigenvalue weighted by Crippen LogP contribution is -2.18.